The molecule has 5 rings (SSSR count). The normalized spacial score (nSPS) is 17.3. The number of rotatable bonds is 15. The second-order valence-corrected chi connectivity index (χ2v) is 12.7. The third-order valence-corrected chi connectivity index (χ3v) is 9.19. The van der Waals surface area contributed by atoms with Gasteiger partial charge in [0.15, 0.2) is 6.29 Å². The smallest absolute Gasteiger partial charge is 0.338 e. The Balaban J connectivity index is 1.13. The number of carboxylic acids is 1. The Morgan fingerprint density at radius 2 is 1.55 bits per heavy atom. The van der Waals surface area contributed by atoms with E-state index in [0.717, 1.165) is 22.3 Å². The largest absolute Gasteiger partial charge is 0.478 e. The molecule has 2 heterocycles. The van der Waals surface area contributed by atoms with E-state index in [1.165, 1.54) is 17.8 Å². The number of hydrogen-bond acceptors (Lipinski definition) is 9. The fraction of sp³-hybridized carbons (Fsp3) is 0.297. The van der Waals surface area contributed by atoms with Gasteiger partial charge in [-0.2, -0.15) is 0 Å². The summed E-state index contributed by atoms with van der Waals surface area (Å²) in [7, 11) is 0. The number of unbranched alkanes of at least 4 members (excludes halogenated alkanes) is 1. The van der Waals surface area contributed by atoms with Crippen LogP contribution in [0.3, 0.4) is 0 Å². The zero-order chi connectivity index (χ0) is 34.6. The topological polar surface area (TPSA) is 173 Å². The van der Waals surface area contributed by atoms with Crippen molar-refractivity contribution in [2.24, 2.45) is 0 Å². The number of aromatic nitrogens is 1. The van der Waals surface area contributed by atoms with Gasteiger partial charge in [0, 0.05) is 43.3 Å². The first-order valence-corrected chi connectivity index (χ1v) is 17.1. The summed E-state index contributed by atoms with van der Waals surface area (Å²) in [5, 5.41) is 25.2. The zero-order valence-electron chi connectivity index (χ0n) is 26.9. The van der Waals surface area contributed by atoms with Crippen LogP contribution in [-0.4, -0.2) is 44.8 Å². The molecule has 0 saturated carbocycles. The van der Waals surface area contributed by atoms with Crippen molar-refractivity contribution in [3.05, 3.63) is 119 Å². The highest BCUT2D eigenvalue weighted by Gasteiger charge is 2.32. The van der Waals surface area contributed by atoms with Crippen molar-refractivity contribution < 1.29 is 34.1 Å². The van der Waals surface area contributed by atoms with Gasteiger partial charge in [0.1, 0.15) is 5.03 Å². The SMILES string of the molecule is Nc1ccccc1NC(=O)CCCCC(=O)NCc1ccc([C@@H]2O[C@H](CSc3ncccc3C(=O)O)C[C@H](c3ccc(CO)cc3)O2)cc1. The summed E-state index contributed by atoms with van der Waals surface area (Å²) in [6.07, 6.45) is 2.67. The van der Waals surface area contributed by atoms with E-state index >= 15 is 0 Å². The number of nitrogens with two attached hydrogens (primary N) is 1. The van der Waals surface area contributed by atoms with Gasteiger partial charge in [0.2, 0.25) is 11.8 Å². The van der Waals surface area contributed by atoms with E-state index in [1.54, 1.807) is 36.5 Å². The molecule has 2 amide bonds. The van der Waals surface area contributed by atoms with Gasteiger partial charge in [-0.25, -0.2) is 9.78 Å². The summed E-state index contributed by atoms with van der Waals surface area (Å²) in [6, 6.07) is 25.5. The summed E-state index contributed by atoms with van der Waals surface area (Å²) in [4.78, 5) is 40.6. The van der Waals surface area contributed by atoms with Crippen LogP contribution in [0.5, 0.6) is 0 Å². The standard InChI is InChI=1S/C37H40N4O7S/c38-30-7-1-2-8-31(30)41-34(44)10-4-3-9-33(43)40-21-24-11-17-27(18-12-24)37-47-28(23-49-35-29(36(45)46)6-5-19-39-35)20-32(48-37)26-15-13-25(22-42)14-16-26/h1-2,5-8,11-19,28,32,37,42H,3-4,9-10,20-23,38H2,(H,40,43)(H,41,44)(H,45,46)/t28-,32+,37+/m0/s1. The van der Waals surface area contributed by atoms with E-state index in [2.05, 4.69) is 15.6 Å². The average Bonchev–Trinajstić information content (AvgIpc) is 3.13. The third-order valence-electron chi connectivity index (χ3n) is 8.06. The van der Waals surface area contributed by atoms with Crippen molar-refractivity contribution in [2.75, 3.05) is 16.8 Å². The van der Waals surface area contributed by atoms with Crippen LogP contribution >= 0.6 is 11.8 Å². The predicted molar refractivity (Wildman–Crippen MR) is 187 cm³/mol. The van der Waals surface area contributed by atoms with Crippen molar-refractivity contribution >= 4 is 40.9 Å². The van der Waals surface area contributed by atoms with Crippen LogP contribution in [0.15, 0.2) is 96.2 Å². The minimum atomic E-state index is -1.03. The lowest BCUT2D eigenvalue weighted by Gasteiger charge is -2.36. The van der Waals surface area contributed by atoms with Gasteiger partial charge in [-0.3, -0.25) is 9.59 Å². The van der Waals surface area contributed by atoms with Crippen LogP contribution in [0, 0.1) is 0 Å². The van der Waals surface area contributed by atoms with Crippen LogP contribution in [-0.2, 0) is 32.2 Å². The van der Waals surface area contributed by atoms with Crippen molar-refractivity contribution in [3.63, 3.8) is 0 Å². The van der Waals surface area contributed by atoms with Crippen LogP contribution in [0.4, 0.5) is 11.4 Å². The quantitative estimate of drug-likeness (QED) is 0.0567. The number of nitrogen functional groups attached to an aromatic ring is 1. The molecular formula is C37H40N4O7S. The number of aromatic carboxylic acids is 1. The monoisotopic (exact) mass is 684 g/mol. The molecule has 256 valence electrons. The number of ether oxygens (including phenoxy) is 2. The van der Waals surface area contributed by atoms with Crippen LogP contribution < -0.4 is 16.4 Å². The number of pyridine rings is 1. The van der Waals surface area contributed by atoms with Crippen molar-refractivity contribution in [1.82, 2.24) is 10.3 Å². The average molecular weight is 685 g/mol. The maximum Gasteiger partial charge on any atom is 0.338 e. The molecule has 0 spiro atoms. The van der Waals surface area contributed by atoms with Gasteiger partial charge < -0.3 is 36.1 Å². The molecule has 49 heavy (non-hydrogen) atoms. The number of benzene rings is 3. The Kier molecular flexibility index (Phi) is 12.8. The van der Waals surface area contributed by atoms with Gasteiger partial charge in [-0.05, 0) is 53.8 Å². The molecule has 11 nitrogen and oxygen atoms in total. The summed E-state index contributed by atoms with van der Waals surface area (Å²) in [5.41, 5.74) is 10.6. The molecule has 0 radical (unpaired) electrons. The number of aliphatic hydroxyl groups is 1. The molecular weight excluding hydrogens is 644 g/mol. The number of carbonyl (C=O) groups excluding carboxylic acids is 2. The number of anilines is 2. The van der Waals surface area contributed by atoms with Crippen LogP contribution in [0.2, 0.25) is 0 Å². The molecule has 12 heteroatoms. The molecule has 1 aliphatic heterocycles. The lowest BCUT2D eigenvalue weighted by atomic mass is 10.0. The second-order valence-electron chi connectivity index (χ2n) is 11.7. The number of aliphatic hydroxyl groups excluding tert-OH is 1. The Morgan fingerprint density at radius 1 is 0.857 bits per heavy atom. The van der Waals surface area contributed by atoms with Crippen molar-refractivity contribution in [3.8, 4) is 0 Å². The number of carboxylic acid groups (broad SMARTS) is 1. The first-order valence-electron chi connectivity index (χ1n) is 16.1. The van der Waals surface area contributed by atoms with Crippen LogP contribution in [0.25, 0.3) is 0 Å². The second kappa shape index (κ2) is 17.6. The zero-order valence-corrected chi connectivity index (χ0v) is 27.7. The maximum atomic E-state index is 12.5. The van der Waals surface area contributed by atoms with E-state index in [-0.39, 0.29) is 36.2 Å². The molecule has 0 aliphatic carbocycles. The molecule has 1 fully saturated rings. The highest BCUT2D eigenvalue weighted by molar-refractivity contribution is 7.99. The highest BCUT2D eigenvalue weighted by atomic mass is 32.2. The van der Waals surface area contributed by atoms with Crippen LogP contribution in [0.1, 0.15) is 77.1 Å². The number of amides is 2. The predicted octanol–water partition coefficient (Wildman–Crippen LogP) is 6.01. The molecule has 4 aromatic rings. The molecule has 3 atom stereocenters. The molecule has 6 N–H and O–H groups in total. The molecule has 3 aromatic carbocycles. The number of para-hydroxylation sites is 2. The number of thioether (sulfide) groups is 1. The summed E-state index contributed by atoms with van der Waals surface area (Å²) < 4.78 is 12.8. The van der Waals surface area contributed by atoms with Gasteiger partial charge in [0.25, 0.3) is 0 Å². The van der Waals surface area contributed by atoms with E-state index in [9.17, 15) is 24.6 Å². The molecule has 1 aliphatic rings. The number of nitrogens with zero attached hydrogens (tertiary/aromatic N) is 1. The molecule has 1 aromatic heterocycles. The lowest BCUT2D eigenvalue weighted by Crippen LogP contribution is -2.31. The van der Waals surface area contributed by atoms with Gasteiger partial charge in [-0.15, -0.1) is 11.8 Å². The lowest BCUT2D eigenvalue weighted by molar-refractivity contribution is -0.245. The van der Waals surface area contributed by atoms with Crippen molar-refractivity contribution in [1.29, 1.82) is 0 Å². The maximum absolute atomic E-state index is 12.5. The Hall–Kier alpha value is -4.75. The van der Waals surface area contributed by atoms with E-state index in [4.69, 9.17) is 15.2 Å². The summed E-state index contributed by atoms with van der Waals surface area (Å²) in [6.45, 7) is 0.304. The highest BCUT2D eigenvalue weighted by Crippen LogP contribution is 2.39. The summed E-state index contributed by atoms with van der Waals surface area (Å²) in [5.74, 6) is -0.793. The molecule has 1 saturated heterocycles. The molecule has 0 unspecified atom stereocenters. The third kappa shape index (κ3) is 10.4. The minimum absolute atomic E-state index is 0.0518. The number of nitrogens with one attached hydrogen (secondary N) is 2. The minimum Gasteiger partial charge on any atom is -0.478 e. The Labute approximate surface area is 289 Å². The summed E-state index contributed by atoms with van der Waals surface area (Å²) >= 11 is 1.33. The molecule has 0 bridgehead atoms. The first kappa shape index (κ1) is 35.6. The van der Waals surface area contributed by atoms with Gasteiger partial charge in [-0.1, -0.05) is 60.7 Å². The Bertz CT molecular complexity index is 1720. The van der Waals surface area contributed by atoms with E-state index in [0.29, 0.717) is 60.8 Å². The fourth-order valence-electron chi connectivity index (χ4n) is 5.34. The Morgan fingerprint density at radius 3 is 2.27 bits per heavy atom. The van der Waals surface area contributed by atoms with Crippen molar-refractivity contribution in [2.45, 2.75) is 68.8 Å². The van der Waals surface area contributed by atoms with Gasteiger partial charge in [0.05, 0.1) is 35.8 Å². The first-order chi connectivity index (χ1) is 23.8. The fourth-order valence-corrected chi connectivity index (χ4v) is 6.34. The van der Waals surface area contributed by atoms with Gasteiger partial charge >= 0.3 is 5.97 Å². The van der Waals surface area contributed by atoms with E-state index in [1.807, 2.05) is 48.5 Å². The number of hydrogen-bond donors (Lipinski definition) is 5. The van der Waals surface area contributed by atoms with E-state index < -0.39 is 12.3 Å². The number of carbonyl (C=O) groups is 3.